The molecule has 1 aromatic carbocycles. The first-order chi connectivity index (χ1) is 8.65. The number of fused-ring (bicyclic) bond motifs is 2. The summed E-state index contributed by atoms with van der Waals surface area (Å²) in [5.41, 5.74) is 0.937. The van der Waals surface area contributed by atoms with Crippen LogP contribution in [0.3, 0.4) is 0 Å². The van der Waals surface area contributed by atoms with Crippen LogP contribution in [0.1, 0.15) is 18.4 Å². The maximum atomic E-state index is 12.1. The Kier molecular flexibility index (Phi) is 2.95. The molecule has 2 bridgehead atoms. The van der Waals surface area contributed by atoms with Gasteiger partial charge in [-0.05, 0) is 30.5 Å². The molecule has 2 aliphatic heterocycles. The van der Waals surface area contributed by atoms with Gasteiger partial charge in [0, 0.05) is 4.47 Å². The smallest absolute Gasteiger partial charge is 0.258 e. The molecular weight excluding hydrogens is 298 g/mol. The van der Waals surface area contributed by atoms with E-state index in [0.29, 0.717) is 19.4 Å². The molecule has 0 spiro atoms. The Bertz CT molecular complexity index is 495. The number of halogens is 1. The highest BCUT2D eigenvalue weighted by molar-refractivity contribution is 9.10. The Hall–Kier alpha value is -1.20. The molecule has 2 saturated heterocycles. The van der Waals surface area contributed by atoms with Gasteiger partial charge in [-0.15, -0.1) is 0 Å². The second-order valence-corrected chi connectivity index (χ2v) is 5.50. The second kappa shape index (κ2) is 4.48. The number of amides is 2. The Morgan fingerprint density at radius 2 is 1.89 bits per heavy atom. The second-order valence-electron chi connectivity index (χ2n) is 4.58. The quantitative estimate of drug-likeness (QED) is 0.784. The molecular formula is C13H12BrNO3. The average molecular weight is 310 g/mol. The topological polar surface area (TPSA) is 46.6 Å². The third kappa shape index (κ3) is 1.97. The lowest BCUT2D eigenvalue weighted by Crippen LogP contribution is -2.51. The summed E-state index contributed by atoms with van der Waals surface area (Å²) in [5, 5.41) is 0. The number of hydrogen-bond donors (Lipinski definition) is 0. The number of benzene rings is 1. The summed E-state index contributed by atoms with van der Waals surface area (Å²) in [4.78, 5) is 25.4. The van der Waals surface area contributed by atoms with Gasteiger partial charge in [-0.2, -0.15) is 0 Å². The molecule has 0 radical (unpaired) electrons. The molecule has 2 fully saturated rings. The van der Waals surface area contributed by atoms with Gasteiger partial charge in [-0.25, -0.2) is 0 Å². The highest BCUT2D eigenvalue weighted by Gasteiger charge is 2.46. The van der Waals surface area contributed by atoms with Crippen LogP contribution in [0.25, 0.3) is 0 Å². The molecule has 18 heavy (non-hydrogen) atoms. The number of carbonyl (C=O) groups excluding carboxylic acids is 2. The fourth-order valence-electron chi connectivity index (χ4n) is 2.43. The maximum Gasteiger partial charge on any atom is 0.258 e. The van der Waals surface area contributed by atoms with Crippen LogP contribution in [-0.2, 0) is 20.9 Å². The largest absolute Gasteiger partial charge is 0.355 e. The molecule has 0 aliphatic carbocycles. The number of rotatable bonds is 2. The number of ether oxygens (including phenoxy) is 1. The van der Waals surface area contributed by atoms with Crippen LogP contribution in [0.2, 0.25) is 0 Å². The van der Waals surface area contributed by atoms with E-state index in [4.69, 9.17) is 4.74 Å². The summed E-state index contributed by atoms with van der Waals surface area (Å²) in [6.07, 6.45) is 0.480. The van der Waals surface area contributed by atoms with E-state index >= 15 is 0 Å². The molecule has 2 aliphatic rings. The van der Waals surface area contributed by atoms with Gasteiger partial charge in [0.25, 0.3) is 11.8 Å². The summed E-state index contributed by atoms with van der Waals surface area (Å²) in [7, 11) is 0. The Morgan fingerprint density at radius 3 is 2.50 bits per heavy atom. The van der Waals surface area contributed by atoms with Crippen LogP contribution in [0.4, 0.5) is 0 Å². The molecule has 0 aromatic heterocycles. The number of carbonyl (C=O) groups is 2. The molecule has 2 amide bonds. The first-order valence-corrected chi connectivity index (χ1v) is 6.69. The van der Waals surface area contributed by atoms with Crippen molar-refractivity contribution in [3.8, 4) is 0 Å². The van der Waals surface area contributed by atoms with Crippen LogP contribution in [0.15, 0.2) is 28.7 Å². The zero-order valence-corrected chi connectivity index (χ0v) is 11.2. The lowest BCUT2D eigenvalue weighted by molar-refractivity contribution is -0.169. The van der Waals surface area contributed by atoms with Gasteiger partial charge in [0.1, 0.15) is 12.2 Å². The number of imide groups is 1. The SMILES string of the molecule is O=C1C2CCC(O2)C(=O)N1Cc1cccc(Br)c1. The number of nitrogens with zero attached hydrogens (tertiary/aromatic N) is 1. The normalized spacial score (nSPS) is 26.8. The highest BCUT2D eigenvalue weighted by atomic mass is 79.9. The summed E-state index contributed by atoms with van der Waals surface area (Å²) < 4.78 is 6.30. The van der Waals surface area contributed by atoms with E-state index < -0.39 is 12.2 Å². The lowest BCUT2D eigenvalue weighted by Gasteiger charge is -2.29. The Morgan fingerprint density at radius 1 is 1.22 bits per heavy atom. The van der Waals surface area contributed by atoms with E-state index in [2.05, 4.69) is 15.9 Å². The summed E-state index contributed by atoms with van der Waals surface area (Å²) in [6, 6.07) is 7.63. The molecule has 3 rings (SSSR count). The third-order valence-electron chi connectivity index (χ3n) is 3.33. The van der Waals surface area contributed by atoms with Crippen molar-refractivity contribution in [3.63, 3.8) is 0 Å². The lowest BCUT2D eigenvalue weighted by atomic mass is 10.2. The molecule has 1 aromatic rings. The molecule has 0 saturated carbocycles. The third-order valence-corrected chi connectivity index (χ3v) is 3.83. The van der Waals surface area contributed by atoms with Crippen LogP contribution in [0.5, 0.6) is 0 Å². The predicted molar refractivity (Wildman–Crippen MR) is 67.6 cm³/mol. The predicted octanol–water partition coefficient (Wildman–Crippen LogP) is 1.87. The fourth-order valence-corrected chi connectivity index (χ4v) is 2.88. The molecule has 4 nitrogen and oxygen atoms in total. The van der Waals surface area contributed by atoms with E-state index in [1.54, 1.807) is 0 Å². The van der Waals surface area contributed by atoms with Crippen molar-refractivity contribution < 1.29 is 14.3 Å². The van der Waals surface area contributed by atoms with Gasteiger partial charge in [-0.3, -0.25) is 14.5 Å². The summed E-state index contributed by atoms with van der Waals surface area (Å²) in [5.74, 6) is -0.401. The van der Waals surface area contributed by atoms with Crippen LogP contribution >= 0.6 is 15.9 Å². The van der Waals surface area contributed by atoms with Crippen LogP contribution < -0.4 is 0 Å². The molecule has 2 atom stereocenters. The zero-order valence-electron chi connectivity index (χ0n) is 9.64. The van der Waals surface area contributed by atoms with Crippen molar-refractivity contribution in [1.82, 2.24) is 4.90 Å². The van der Waals surface area contributed by atoms with Gasteiger partial charge >= 0.3 is 0 Å². The minimum absolute atomic E-state index is 0.200. The van der Waals surface area contributed by atoms with E-state index in [-0.39, 0.29) is 11.8 Å². The van der Waals surface area contributed by atoms with Crippen molar-refractivity contribution in [2.24, 2.45) is 0 Å². The summed E-state index contributed by atoms with van der Waals surface area (Å²) >= 11 is 3.38. The molecule has 2 heterocycles. The summed E-state index contributed by atoms with van der Waals surface area (Å²) in [6.45, 7) is 0.327. The zero-order chi connectivity index (χ0) is 12.7. The van der Waals surface area contributed by atoms with E-state index in [1.165, 1.54) is 4.90 Å². The first-order valence-electron chi connectivity index (χ1n) is 5.90. The maximum absolute atomic E-state index is 12.1. The molecule has 94 valence electrons. The van der Waals surface area contributed by atoms with Crippen molar-refractivity contribution >= 4 is 27.7 Å². The van der Waals surface area contributed by atoms with Gasteiger partial charge < -0.3 is 4.74 Å². The van der Waals surface area contributed by atoms with Crippen molar-refractivity contribution in [1.29, 1.82) is 0 Å². The van der Waals surface area contributed by atoms with E-state index in [9.17, 15) is 9.59 Å². The average Bonchev–Trinajstić information content (AvgIpc) is 2.79. The van der Waals surface area contributed by atoms with Gasteiger partial charge in [0.05, 0.1) is 6.54 Å². The van der Waals surface area contributed by atoms with Crippen molar-refractivity contribution in [3.05, 3.63) is 34.3 Å². The van der Waals surface area contributed by atoms with Crippen molar-refractivity contribution in [2.75, 3.05) is 0 Å². The standard InChI is InChI=1S/C13H12BrNO3/c14-9-3-1-2-8(6-9)7-15-12(16)10-4-5-11(18-10)13(15)17/h1-3,6,10-11H,4-5,7H2. The van der Waals surface area contributed by atoms with Gasteiger partial charge in [-0.1, -0.05) is 28.1 Å². The fraction of sp³-hybridized carbons (Fsp3) is 0.385. The first kappa shape index (κ1) is 11.9. The van der Waals surface area contributed by atoms with E-state index in [1.807, 2.05) is 24.3 Å². The molecule has 0 N–H and O–H groups in total. The van der Waals surface area contributed by atoms with Crippen LogP contribution in [0, 0.1) is 0 Å². The Labute approximate surface area is 113 Å². The minimum Gasteiger partial charge on any atom is -0.355 e. The number of likely N-dealkylation sites (tertiary alicyclic amines) is 1. The molecule has 5 heteroatoms. The number of hydrogen-bond acceptors (Lipinski definition) is 3. The number of morpholine rings is 1. The monoisotopic (exact) mass is 309 g/mol. The van der Waals surface area contributed by atoms with Crippen LogP contribution in [-0.4, -0.2) is 28.9 Å². The minimum atomic E-state index is -0.417. The van der Waals surface area contributed by atoms with E-state index in [0.717, 1.165) is 10.0 Å². The van der Waals surface area contributed by atoms with Crippen molar-refractivity contribution in [2.45, 2.75) is 31.6 Å². The van der Waals surface area contributed by atoms with Gasteiger partial charge in [0.15, 0.2) is 0 Å². The highest BCUT2D eigenvalue weighted by Crippen LogP contribution is 2.29. The molecule has 2 unspecified atom stereocenters. The Balaban J connectivity index is 1.83. The van der Waals surface area contributed by atoms with Gasteiger partial charge in [0.2, 0.25) is 0 Å².